The Balaban J connectivity index is 2.07. The fraction of sp³-hybridized carbons (Fsp3) is 0.941. The Morgan fingerprint density at radius 1 is 1.16 bits per heavy atom. The van der Waals surface area contributed by atoms with E-state index in [1.165, 1.54) is 0 Å². The van der Waals surface area contributed by atoms with Crippen LogP contribution in [0.2, 0.25) is 23.3 Å². The van der Waals surface area contributed by atoms with Gasteiger partial charge in [-0.25, -0.2) is 0 Å². The highest BCUT2D eigenvalue weighted by atomic mass is 16.5. The second-order valence-electron chi connectivity index (χ2n) is 9.14. The maximum atomic E-state index is 12.0. The van der Waals surface area contributed by atoms with Crippen molar-refractivity contribution in [1.82, 2.24) is 4.90 Å². The molecule has 6 atom stereocenters. The molecular formula is C17H36B4N2O2. The number of nitrogens with zero attached hydrogens (tertiary/aromatic N) is 1. The maximum absolute atomic E-state index is 12.0. The first kappa shape index (κ1) is 21.0. The van der Waals surface area contributed by atoms with Gasteiger partial charge in [0.2, 0.25) is 5.91 Å². The average molecular weight is 344 g/mol. The van der Waals surface area contributed by atoms with Gasteiger partial charge in [-0.05, 0) is 36.3 Å². The van der Waals surface area contributed by atoms with Gasteiger partial charge in [0.1, 0.15) is 31.4 Å². The van der Waals surface area contributed by atoms with Crippen molar-refractivity contribution in [2.24, 2.45) is 17.6 Å². The zero-order valence-electron chi connectivity index (χ0n) is 17.4. The van der Waals surface area contributed by atoms with Crippen LogP contribution in [0.1, 0.15) is 33.6 Å². The molecule has 1 aliphatic carbocycles. The van der Waals surface area contributed by atoms with Crippen molar-refractivity contribution in [1.29, 1.82) is 0 Å². The van der Waals surface area contributed by atoms with Crippen molar-refractivity contribution in [2.45, 2.75) is 75.1 Å². The normalized spacial score (nSPS) is 42.5. The summed E-state index contributed by atoms with van der Waals surface area (Å²) in [5.41, 5.74) is 6.33. The van der Waals surface area contributed by atoms with E-state index in [4.69, 9.17) is 10.5 Å². The minimum atomic E-state index is 0.0269. The number of nitrogens with two attached hydrogens (primary N) is 1. The Hall–Kier alpha value is -0.350. The van der Waals surface area contributed by atoms with Gasteiger partial charge in [0, 0.05) is 25.6 Å². The minimum Gasteiger partial charge on any atom is -0.377 e. The lowest BCUT2D eigenvalue weighted by Crippen LogP contribution is -2.56. The van der Waals surface area contributed by atoms with Gasteiger partial charge in [-0.2, -0.15) is 0 Å². The summed E-state index contributed by atoms with van der Waals surface area (Å²) in [6.07, 6.45) is 2.23. The van der Waals surface area contributed by atoms with E-state index in [1.54, 1.807) is 6.92 Å². The van der Waals surface area contributed by atoms with Crippen molar-refractivity contribution in [3.05, 3.63) is 0 Å². The molecule has 4 nitrogen and oxygen atoms in total. The molecule has 1 amide bonds. The molecule has 0 aromatic heterocycles. The van der Waals surface area contributed by atoms with Gasteiger partial charge < -0.3 is 15.4 Å². The highest BCUT2D eigenvalue weighted by molar-refractivity contribution is 6.27. The molecule has 0 bridgehead atoms. The smallest absolute Gasteiger partial charge is 0.219 e. The van der Waals surface area contributed by atoms with E-state index in [2.05, 4.69) is 45.2 Å². The molecular weight excluding hydrogens is 307 g/mol. The number of hydrogen-bond donors (Lipinski definition) is 1. The van der Waals surface area contributed by atoms with Crippen molar-refractivity contribution in [2.75, 3.05) is 13.2 Å². The zero-order chi connectivity index (χ0) is 18.9. The van der Waals surface area contributed by atoms with Crippen molar-refractivity contribution < 1.29 is 9.53 Å². The minimum absolute atomic E-state index is 0.0269. The molecule has 0 radical (unpaired) electrons. The number of likely N-dealkylation sites (tertiary alicyclic amines) is 1. The third-order valence-electron chi connectivity index (χ3n) is 7.37. The molecule has 0 aromatic carbocycles. The fourth-order valence-electron chi connectivity index (χ4n) is 5.68. The van der Waals surface area contributed by atoms with Crippen LogP contribution < -0.4 is 5.73 Å². The van der Waals surface area contributed by atoms with E-state index >= 15 is 0 Å². The van der Waals surface area contributed by atoms with E-state index in [-0.39, 0.29) is 24.1 Å². The molecule has 0 spiro atoms. The molecule has 2 aliphatic rings. The molecule has 1 aliphatic heterocycles. The third-order valence-corrected chi connectivity index (χ3v) is 7.37. The quantitative estimate of drug-likeness (QED) is 0.644. The van der Waals surface area contributed by atoms with E-state index in [9.17, 15) is 4.79 Å². The second kappa shape index (κ2) is 8.56. The maximum Gasteiger partial charge on any atom is 0.219 e. The van der Waals surface area contributed by atoms with Crippen LogP contribution in [0, 0.1) is 11.8 Å². The number of rotatable bonds is 4. The molecule has 2 N–H and O–H groups in total. The van der Waals surface area contributed by atoms with Crippen LogP contribution in [-0.4, -0.2) is 73.5 Å². The largest absolute Gasteiger partial charge is 0.377 e. The highest BCUT2D eigenvalue weighted by Crippen LogP contribution is 2.53. The Labute approximate surface area is 158 Å². The number of ether oxygens (including phenoxy) is 1. The van der Waals surface area contributed by atoms with Crippen LogP contribution in [0.15, 0.2) is 0 Å². The summed E-state index contributed by atoms with van der Waals surface area (Å²) in [6.45, 7) is 7.74. The van der Waals surface area contributed by atoms with Crippen LogP contribution in [0.3, 0.4) is 0 Å². The summed E-state index contributed by atoms with van der Waals surface area (Å²) in [7, 11) is 9.47. The molecule has 2 fully saturated rings. The zero-order valence-corrected chi connectivity index (χ0v) is 17.4. The topological polar surface area (TPSA) is 55.6 Å². The summed E-state index contributed by atoms with van der Waals surface area (Å²) in [5.74, 6) is 3.94. The first-order valence-corrected chi connectivity index (χ1v) is 10.3. The molecule has 6 unspecified atom stereocenters. The van der Waals surface area contributed by atoms with Gasteiger partial charge in [0.25, 0.3) is 0 Å². The molecule has 1 saturated carbocycles. The number of hydrogen-bond acceptors (Lipinski definition) is 3. The highest BCUT2D eigenvalue weighted by Gasteiger charge is 2.44. The van der Waals surface area contributed by atoms with Gasteiger partial charge in [0.05, 0.1) is 12.6 Å². The average Bonchev–Trinajstić information content (AvgIpc) is 2.53. The summed E-state index contributed by atoms with van der Waals surface area (Å²) in [5, 5.41) is 0. The molecule has 0 aromatic rings. The van der Waals surface area contributed by atoms with Gasteiger partial charge in [-0.3, -0.25) is 4.79 Å². The number of carbonyl (C=O) groups excluding carboxylic acids is 1. The third kappa shape index (κ3) is 4.32. The number of carbonyl (C=O) groups is 1. The summed E-state index contributed by atoms with van der Waals surface area (Å²) in [4.78, 5) is 13.9. The monoisotopic (exact) mass is 344 g/mol. The van der Waals surface area contributed by atoms with Gasteiger partial charge in [-0.15, -0.1) is 0 Å². The van der Waals surface area contributed by atoms with Gasteiger partial charge in [-0.1, -0.05) is 25.5 Å². The number of amides is 1. The summed E-state index contributed by atoms with van der Waals surface area (Å²) >= 11 is 0. The van der Waals surface area contributed by atoms with Crippen LogP contribution >= 0.6 is 0 Å². The number of piperidine rings is 1. The fourth-order valence-corrected chi connectivity index (χ4v) is 5.68. The van der Waals surface area contributed by atoms with Crippen LogP contribution in [-0.2, 0) is 9.53 Å². The molecule has 138 valence electrons. The molecule has 1 saturated heterocycles. The van der Waals surface area contributed by atoms with E-state index in [1.807, 2.05) is 4.90 Å². The molecule has 8 heteroatoms. The van der Waals surface area contributed by atoms with Crippen LogP contribution in [0.4, 0.5) is 0 Å². The van der Waals surface area contributed by atoms with Crippen molar-refractivity contribution >= 4 is 37.3 Å². The van der Waals surface area contributed by atoms with Gasteiger partial charge >= 0.3 is 0 Å². The Morgan fingerprint density at radius 3 is 2.20 bits per heavy atom. The SMILES string of the molecule is BC1C(B)C(C(C)C)C(B)C(B)C1OCC1C(N)CCCN1C(C)=O. The molecule has 1 heterocycles. The summed E-state index contributed by atoms with van der Waals surface area (Å²) < 4.78 is 6.49. The lowest BCUT2D eigenvalue weighted by molar-refractivity contribution is -0.135. The predicted molar refractivity (Wildman–Crippen MR) is 116 cm³/mol. The predicted octanol–water partition coefficient (Wildman–Crippen LogP) is -1.32. The molecule has 25 heavy (non-hydrogen) atoms. The van der Waals surface area contributed by atoms with E-state index in [0.29, 0.717) is 35.8 Å². The molecule has 2 rings (SSSR count). The second-order valence-corrected chi connectivity index (χ2v) is 9.14. The standard InChI is InChI=1S/C17H36B4N2O2/c1-8(2)12-13(18)15(20)17(16(21)14(12)19)25-7-11-10(22)5-4-6-23(11)9(3)24/h8,10-17H,4-7,18-22H2,1-3H3. The van der Waals surface area contributed by atoms with E-state index < -0.39 is 0 Å². The lowest BCUT2D eigenvalue weighted by atomic mass is 9.41. The van der Waals surface area contributed by atoms with Crippen LogP contribution in [0.25, 0.3) is 0 Å². The first-order valence-electron chi connectivity index (χ1n) is 10.3. The Bertz CT molecular complexity index is 452. The van der Waals surface area contributed by atoms with Crippen LogP contribution in [0.5, 0.6) is 0 Å². The summed E-state index contributed by atoms with van der Waals surface area (Å²) in [6, 6.07) is 0.0594. The van der Waals surface area contributed by atoms with Crippen molar-refractivity contribution in [3.8, 4) is 0 Å². The Kier molecular flexibility index (Phi) is 7.17. The first-order chi connectivity index (χ1) is 11.7. The van der Waals surface area contributed by atoms with Crippen molar-refractivity contribution in [3.63, 3.8) is 0 Å². The van der Waals surface area contributed by atoms with E-state index in [0.717, 1.165) is 25.3 Å². The lowest BCUT2D eigenvalue weighted by Gasteiger charge is -2.51. The van der Waals surface area contributed by atoms with Gasteiger partial charge in [0.15, 0.2) is 0 Å². The Morgan fingerprint density at radius 2 is 1.72 bits per heavy atom.